The highest BCUT2D eigenvalue weighted by atomic mass is 35.5. The number of likely N-dealkylation sites (tertiary alicyclic amines) is 1. The van der Waals surface area contributed by atoms with Crippen LogP contribution in [0.2, 0.25) is 25.1 Å². The van der Waals surface area contributed by atoms with Gasteiger partial charge in [0.15, 0.2) is 5.75 Å². The number of hydrogen-bond acceptors (Lipinski definition) is 6. The number of carbonyl (C=O) groups is 4. The summed E-state index contributed by atoms with van der Waals surface area (Å²) in [5, 5.41) is 4.29. The third-order valence-corrected chi connectivity index (χ3v) is 8.13. The van der Waals surface area contributed by atoms with E-state index >= 15 is 0 Å². The van der Waals surface area contributed by atoms with Gasteiger partial charge in [0.2, 0.25) is 11.8 Å². The van der Waals surface area contributed by atoms with Crippen LogP contribution < -0.4 is 15.4 Å². The molecule has 222 valence electrons. The standard InChI is InChI=1S/C27H28Cl5N3O6/c1-27(2,3)41-26(39)35-11-7-10-16(35)25(38)34-15(12-14-8-5-4-6-9-14)24(37)33-13-17(36)40-23-21(31)19(29)18(28)20(30)22(23)32/h4-6,8-9,15-16H,7,10-13H2,1-3H3,(H,33,37)(H,34,38)/t15-,16-/m0/s1. The van der Waals surface area contributed by atoms with Gasteiger partial charge in [0.05, 0.1) is 15.1 Å². The highest BCUT2D eigenvalue weighted by molar-refractivity contribution is 6.55. The summed E-state index contributed by atoms with van der Waals surface area (Å²) in [5.41, 5.74) is 0.0253. The molecule has 3 rings (SSSR count). The van der Waals surface area contributed by atoms with Gasteiger partial charge in [-0.05, 0) is 39.2 Å². The summed E-state index contributed by atoms with van der Waals surface area (Å²) in [6, 6.07) is 7.09. The maximum Gasteiger partial charge on any atom is 0.410 e. The smallest absolute Gasteiger partial charge is 0.410 e. The van der Waals surface area contributed by atoms with E-state index in [2.05, 4.69) is 10.6 Å². The van der Waals surface area contributed by atoms with Gasteiger partial charge in [0.25, 0.3) is 0 Å². The van der Waals surface area contributed by atoms with Gasteiger partial charge in [-0.15, -0.1) is 0 Å². The molecule has 2 atom stereocenters. The zero-order valence-electron chi connectivity index (χ0n) is 22.4. The van der Waals surface area contributed by atoms with Gasteiger partial charge in [-0.2, -0.15) is 0 Å². The van der Waals surface area contributed by atoms with Crippen molar-refractivity contribution in [3.63, 3.8) is 0 Å². The van der Waals surface area contributed by atoms with Crippen LogP contribution in [0.25, 0.3) is 0 Å². The second kappa shape index (κ2) is 14.2. The molecule has 0 bridgehead atoms. The molecule has 1 aliphatic rings. The summed E-state index contributed by atoms with van der Waals surface area (Å²) in [4.78, 5) is 53.1. The monoisotopic (exact) mass is 665 g/mol. The van der Waals surface area contributed by atoms with Crippen LogP contribution in [-0.4, -0.2) is 59.6 Å². The average Bonchev–Trinajstić information content (AvgIpc) is 3.42. The van der Waals surface area contributed by atoms with Gasteiger partial charge in [0, 0.05) is 13.0 Å². The number of halogens is 5. The lowest BCUT2D eigenvalue weighted by Gasteiger charge is -2.29. The first-order valence-electron chi connectivity index (χ1n) is 12.5. The Labute approximate surface area is 262 Å². The van der Waals surface area contributed by atoms with Gasteiger partial charge in [-0.3, -0.25) is 14.5 Å². The molecule has 2 aromatic carbocycles. The van der Waals surface area contributed by atoms with Gasteiger partial charge in [-0.25, -0.2) is 9.59 Å². The number of hydrogen-bond donors (Lipinski definition) is 2. The zero-order chi connectivity index (χ0) is 30.5. The summed E-state index contributed by atoms with van der Waals surface area (Å²) in [5.74, 6) is -2.43. The normalized spacial score (nSPS) is 15.7. The Bertz CT molecular complexity index is 1290. The number of nitrogens with one attached hydrogen (secondary N) is 2. The predicted molar refractivity (Wildman–Crippen MR) is 158 cm³/mol. The third kappa shape index (κ3) is 8.78. The Morgan fingerprint density at radius 2 is 1.54 bits per heavy atom. The number of nitrogens with zero attached hydrogens (tertiary/aromatic N) is 1. The maximum absolute atomic E-state index is 13.3. The van der Waals surface area contributed by atoms with Crippen molar-refractivity contribution in [2.24, 2.45) is 0 Å². The maximum atomic E-state index is 13.3. The second-order valence-corrected chi connectivity index (χ2v) is 12.1. The quantitative estimate of drug-likeness (QED) is 0.152. The second-order valence-electron chi connectivity index (χ2n) is 10.2. The number of rotatable bonds is 8. The van der Waals surface area contributed by atoms with Gasteiger partial charge in [0.1, 0.15) is 34.3 Å². The predicted octanol–water partition coefficient (Wildman–Crippen LogP) is 6.10. The third-order valence-electron chi connectivity index (χ3n) is 5.89. The number of esters is 1. The van der Waals surface area contributed by atoms with Crippen LogP contribution in [0.4, 0.5) is 4.79 Å². The van der Waals surface area contributed by atoms with Crippen LogP contribution >= 0.6 is 58.0 Å². The molecule has 14 heteroatoms. The van der Waals surface area contributed by atoms with Crippen LogP contribution in [0.3, 0.4) is 0 Å². The first kappa shape index (κ1) is 33.1. The Balaban J connectivity index is 1.71. The fraction of sp³-hybridized carbons (Fsp3) is 0.407. The lowest BCUT2D eigenvalue weighted by molar-refractivity contribution is -0.136. The molecule has 1 fully saturated rings. The van der Waals surface area contributed by atoms with Crippen molar-refractivity contribution < 1.29 is 28.7 Å². The van der Waals surface area contributed by atoms with E-state index in [9.17, 15) is 19.2 Å². The fourth-order valence-electron chi connectivity index (χ4n) is 4.01. The number of benzene rings is 2. The summed E-state index contributed by atoms with van der Waals surface area (Å²) in [6.07, 6.45) is 0.515. The Kier molecular flexibility index (Phi) is 11.4. The molecule has 3 amide bonds. The highest BCUT2D eigenvalue weighted by Gasteiger charge is 2.38. The topological polar surface area (TPSA) is 114 Å². The van der Waals surface area contributed by atoms with Gasteiger partial charge in [-0.1, -0.05) is 88.3 Å². The van der Waals surface area contributed by atoms with E-state index in [0.717, 1.165) is 5.56 Å². The summed E-state index contributed by atoms with van der Waals surface area (Å²) >= 11 is 30.2. The molecular formula is C27H28Cl5N3O6. The molecule has 1 aliphatic heterocycles. The first-order valence-corrected chi connectivity index (χ1v) is 14.4. The van der Waals surface area contributed by atoms with E-state index in [-0.39, 0.29) is 37.3 Å². The number of carbonyl (C=O) groups excluding carboxylic acids is 4. The van der Waals surface area contributed by atoms with Crippen molar-refractivity contribution in [2.75, 3.05) is 13.1 Å². The SMILES string of the molecule is CC(C)(C)OC(=O)N1CCC[C@H]1C(=O)N[C@@H](Cc1ccccc1)C(=O)NCC(=O)Oc1c(Cl)c(Cl)c(Cl)c(Cl)c1Cl. The minimum absolute atomic E-state index is 0.108. The van der Waals surface area contributed by atoms with Crippen molar-refractivity contribution in [1.29, 1.82) is 0 Å². The molecule has 1 heterocycles. The van der Waals surface area contributed by atoms with E-state index in [1.165, 1.54) is 4.90 Å². The molecule has 0 aliphatic carbocycles. The molecule has 9 nitrogen and oxygen atoms in total. The molecule has 0 unspecified atom stereocenters. The Hall–Kier alpha value is -2.43. The van der Waals surface area contributed by atoms with Crippen molar-refractivity contribution in [2.45, 2.75) is 57.7 Å². The van der Waals surface area contributed by atoms with E-state index in [0.29, 0.717) is 19.4 Å². The van der Waals surface area contributed by atoms with Gasteiger partial charge < -0.3 is 20.1 Å². The molecule has 2 aromatic rings. The van der Waals surface area contributed by atoms with Crippen molar-refractivity contribution >= 4 is 81.9 Å². The molecule has 0 spiro atoms. The molecular weight excluding hydrogens is 640 g/mol. The highest BCUT2D eigenvalue weighted by Crippen LogP contribution is 2.48. The minimum atomic E-state index is -1.08. The van der Waals surface area contributed by atoms with E-state index in [4.69, 9.17) is 67.5 Å². The minimum Gasteiger partial charge on any atom is -0.444 e. The lowest BCUT2D eigenvalue weighted by atomic mass is 10.0. The molecule has 0 radical (unpaired) electrons. The van der Waals surface area contributed by atoms with Crippen molar-refractivity contribution in [1.82, 2.24) is 15.5 Å². The summed E-state index contributed by atoms with van der Waals surface area (Å²) in [6.45, 7) is 4.95. The Morgan fingerprint density at radius 1 is 0.951 bits per heavy atom. The largest absolute Gasteiger partial charge is 0.444 e. The fourth-order valence-corrected chi connectivity index (χ4v) is 5.21. The molecule has 1 saturated heterocycles. The molecule has 2 N–H and O–H groups in total. The van der Waals surface area contributed by atoms with Crippen LogP contribution in [-0.2, 0) is 25.5 Å². The van der Waals surface area contributed by atoms with Gasteiger partial charge >= 0.3 is 12.1 Å². The van der Waals surface area contributed by atoms with E-state index in [1.54, 1.807) is 45.0 Å². The Morgan fingerprint density at radius 3 is 2.12 bits per heavy atom. The number of amides is 3. The van der Waals surface area contributed by atoms with E-state index < -0.39 is 48.1 Å². The first-order chi connectivity index (χ1) is 19.2. The molecule has 0 aromatic heterocycles. The lowest BCUT2D eigenvalue weighted by Crippen LogP contribution is -2.54. The van der Waals surface area contributed by atoms with Crippen LogP contribution in [0.5, 0.6) is 5.75 Å². The van der Waals surface area contributed by atoms with Crippen LogP contribution in [0.1, 0.15) is 39.2 Å². The van der Waals surface area contributed by atoms with E-state index in [1.807, 2.05) is 6.07 Å². The summed E-state index contributed by atoms with van der Waals surface area (Å²) in [7, 11) is 0. The number of ether oxygens (including phenoxy) is 2. The zero-order valence-corrected chi connectivity index (χ0v) is 26.1. The average molecular weight is 668 g/mol. The van der Waals surface area contributed by atoms with Crippen LogP contribution in [0.15, 0.2) is 30.3 Å². The molecule has 0 saturated carbocycles. The van der Waals surface area contributed by atoms with Crippen molar-refractivity contribution in [3.8, 4) is 5.75 Å². The van der Waals surface area contributed by atoms with Crippen molar-refractivity contribution in [3.05, 3.63) is 61.0 Å². The van der Waals surface area contributed by atoms with Crippen LogP contribution in [0, 0.1) is 0 Å². The molecule has 41 heavy (non-hydrogen) atoms. The summed E-state index contributed by atoms with van der Waals surface area (Å²) < 4.78 is 10.6.